The van der Waals surface area contributed by atoms with Gasteiger partial charge in [-0.3, -0.25) is 4.79 Å². The van der Waals surface area contributed by atoms with Crippen molar-refractivity contribution in [3.8, 4) is 0 Å². The molecule has 4 aliphatic carbocycles. The monoisotopic (exact) mass is 356 g/mol. The van der Waals surface area contributed by atoms with E-state index in [4.69, 9.17) is 0 Å². The molecule has 3 fully saturated rings. The zero-order valence-corrected chi connectivity index (χ0v) is 17.1. The average Bonchev–Trinajstić information content (AvgIpc) is 2.86. The number of hydrogen-bond acceptors (Lipinski definition) is 2. The number of allylic oxidation sites excluding steroid dienone is 2. The SMILES string of the molecule is C[C@H]1CC[C@@]2(C)C(=CC[C@@H]3[C@@H]2CC[C@]2(C)C([C@H](C)CC=O)C(=O)C[C@@H]32)C1. The lowest BCUT2D eigenvalue weighted by Gasteiger charge is -2.58. The molecule has 0 aromatic carbocycles. The van der Waals surface area contributed by atoms with E-state index in [1.165, 1.54) is 38.5 Å². The molecule has 2 nitrogen and oxygen atoms in total. The first-order chi connectivity index (χ1) is 12.3. The highest BCUT2D eigenvalue weighted by molar-refractivity contribution is 5.85. The number of hydrogen-bond donors (Lipinski definition) is 0. The standard InChI is InChI=1S/C24H36O2/c1-15-7-10-23(3)17(13-15)5-6-18-19(23)8-11-24(4)20(18)14-21(26)22(24)16(2)9-12-25/h5,12,15-16,18-20,22H,6-11,13-14H2,1-4H3/t15-,16+,18+,19-,20-,22?,23-,24-/m0/s1. The molecule has 4 rings (SSSR count). The van der Waals surface area contributed by atoms with Crippen LogP contribution in [0.3, 0.4) is 0 Å². The molecule has 0 N–H and O–H groups in total. The molecule has 0 aromatic rings. The van der Waals surface area contributed by atoms with Crippen LogP contribution in [0.2, 0.25) is 0 Å². The predicted molar refractivity (Wildman–Crippen MR) is 105 cm³/mol. The second-order valence-electron chi connectivity index (χ2n) is 10.7. The highest BCUT2D eigenvalue weighted by Gasteiger charge is 2.61. The van der Waals surface area contributed by atoms with Gasteiger partial charge < -0.3 is 4.79 Å². The smallest absolute Gasteiger partial charge is 0.137 e. The number of carbonyl (C=O) groups is 2. The number of aldehydes is 1. The molecular weight excluding hydrogens is 320 g/mol. The van der Waals surface area contributed by atoms with Gasteiger partial charge in [0.1, 0.15) is 12.1 Å². The van der Waals surface area contributed by atoms with Gasteiger partial charge in [0.25, 0.3) is 0 Å². The molecule has 0 aliphatic heterocycles. The van der Waals surface area contributed by atoms with Crippen LogP contribution in [0.25, 0.3) is 0 Å². The first-order valence-electron chi connectivity index (χ1n) is 11.0. The Morgan fingerprint density at radius 2 is 1.96 bits per heavy atom. The predicted octanol–water partition coefficient (Wildman–Crippen LogP) is 5.61. The van der Waals surface area contributed by atoms with Crippen LogP contribution in [0.15, 0.2) is 11.6 Å². The van der Waals surface area contributed by atoms with Crippen molar-refractivity contribution in [3.05, 3.63) is 11.6 Å². The minimum absolute atomic E-state index is 0.100. The summed E-state index contributed by atoms with van der Waals surface area (Å²) in [7, 11) is 0. The summed E-state index contributed by atoms with van der Waals surface area (Å²) in [5.74, 6) is 3.55. The van der Waals surface area contributed by atoms with E-state index in [9.17, 15) is 9.59 Å². The summed E-state index contributed by atoms with van der Waals surface area (Å²) >= 11 is 0. The number of Topliss-reactive ketones (excluding diaryl/α,β-unsaturated/α-hetero) is 1. The fraction of sp³-hybridized carbons (Fsp3) is 0.833. The summed E-state index contributed by atoms with van der Waals surface area (Å²) in [5.41, 5.74) is 2.23. The highest BCUT2D eigenvalue weighted by atomic mass is 16.1. The Labute approximate surface area is 159 Å². The molecule has 0 aromatic heterocycles. The Bertz CT molecular complexity index is 634. The number of carbonyl (C=O) groups excluding carboxylic acids is 2. The van der Waals surface area contributed by atoms with Crippen molar-refractivity contribution in [3.63, 3.8) is 0 Å². The lowest BCUT2D eigenvalue weighted by Crippen LogP contribution is -2.50. The molecule has 0 bridgehead atoms. The van der Waals surface area contributed by atoms with Crippen LogP contribution in [0.4, 0.5) is 0 Å². The van der Waals surface area contributed by atoms with Gasteiger partial charge in [0.05, 0.1) is 0 Å². The molecule has 0 heterocycles. The van der Waals surface area contributed by atoms with Crippen molar-refractivity contribution >= 4 is 12.1 Å². The molecule has 144 valence electrons. The molecule has 3 saturated carbocycles. The molecule has 8 atom stereocenters. The summed E-state index contributed by atoms with van der Waals surface area (Å²) in [4.78, 5) is 24.1. The fourth-order valence-electron chi connectivity index (χ4n) is 7.93. The van der Waals surface area contributed by atoms with Crippen molar-refractivity contribution in [1.29, 1.82) is 0 Å². The lowest BCUT2D eigenvalue weighted by molar-refractivity contribution is -0.125. The fourth-order valence-corrected chi connectivity index (χ4v) is 7.93. The van der Waals surface area contributed by atoms with Gasteiger partial charge in [-0.2, -0.15) is 0 Å². The summed E-state index contributed by atoms with van der Waals surface area (Å²) in [6.07, 6.45) is 12.5. The first-order valence-corrected chi connectivity index (χ1v) is 11.0. The van der Waals surface area contributed by atoms with E-state index in [0.29, 0.717) is 29.5 Å². The molecule has 0 amide bonds. The third kappa shape index (κ3) is 2.50. The van der Waals surface area contributed by atoms with Crippen LogP contribution in [-0.2, 0) is 9.59 Å². The molecule has 0 saturated heterocycles. The Hall–Kier alpha value is -0.920. The zero-order valence-electron chi connectivity index (χ0n) is 17.1. The van der Waals surface area contributed by atoms with Crippen molar-refractivity contribution in [2.24, 2.45) is 46.3 Å². The van der Waals surface area contributed by atoms with Crippen LogP contribution in [0.5, 0.6) is 0 Å². The van der Waals surface area contributed by atoms with Crippen LogP contribution in [0.1, 0.15) is 79.1 Å². The number of fused-ring (bicyclic) bond motifs is 5. The quantitative estimate of drug-likeness (QED) is 0.487. The largest absolute Gasteiger partial charge is 0.303 e. The molecule has 4 aliphatic rings. The van der Waals surface area contributed by atoms with E-state index in [1.807, 2.05) is 0 Å². The minimum atomic E-state index is 0.100. The zero-order chi connectivity index (χ0) is 18.7. The second-order valence-corrected chi connectivity index (χ2v) is 10.7. The third-order valence-corrected chi connectivity index (χ3v) is 9.30. The van der Waals surface area contributed by atoms with Crippen molar-refractivity contribution in [2.45, 2.75) is 79.1 Å². The van der Waals surface area contributed by atoms with Gasteiger partial charge in [-0.1, -0.05) is 39.3 Å². The van der Waals surface area contributed by atoms with Gasteiger partial charge in [0.2, 0.25) is 0 Å². The maximum atomic E-state index is 13.0. The van der Waals surface area contributed by atoms with Gasteiger partial charge >= 0.3 is 0 Å². The lowest BCUT2D eigenvalue weighted by atomic mass is 9.46. The van der Waals surface area contributed by atoms with Crippen molar-refractivity contribution in [1.82, 2.24) is 0 Å². The second kappa shape index (κ2) is 6.31. The highest BCUT2D eigenvalue weighted by Crippen LogP contribution is 2.66. The van der Waals surface area contributed by atoms with Gasteiger partial charge in [0.15, 0.2) is 0 Å². The number of rotatable bonds is 3. The first kappa shape index (κ1) is 18.4. The minimum Gasteiger partial charge on any atom is -0.303 e. The van der Waals surface area contributed by atoms with Gasteiger partial charge in [-0.25, -0.2) is 0 Å². The molecule has 26 heavy (non-hydrogen) atoms. The molecule has 1 unspecified atom stereocenters. The topological polar surface area (TPSA) is 34.1 Å². The van der Waals surface area contributed by atoms with E-state index in [-0.39, 0.29) is 17.3 Å². The Balaban J connectivity index is 1.65. The summed E-state index contributed by atoms with van der Waals surface area (Å²) < 4.78 is 0. The van der Waals surface area contributed by atoms with E-state index in [1.54, 1.807) is 5.57 Å². The molecule has 2 heteroatoms. The number of ketones is 1. The third-order valence-electron chi connectivity index (χ3n) is 9.30. The van der Waals surface area contributed by atoms with Crippen LogP contribution in [0, 0.1) is 46.3 Å². The molecule has 0 radical (unpaired) electrons. The molecular formula is C24H36O2. The van der Waals surface area contributed by atoms with Crippen LogP contribution < -0.4 is 0 Å². The van der Waals surface area contributed by atoms with E-state index >= 15 is 0 Å². The summed E-state index contributed by atoms with van der Waals surface area (Å²) in [5, 5.41) is 0. The maximum Gasteiger partial charge on any atom is 0.137 e. The molecule has 0 spiro atoms. The van der Waals surface area contributed by atoms with Crippen molar-refractivity contribution < 1.29 is 9.59 Å². The Morgan fingerprint density at radius 3 is 2.69 bits per heavy atom. The summed E-state index contributed by atoms with van der Waals surface area (Å²) in [6, 6.07) is 0. The average molecular weight is 357 g/mol. The maximum absolute atomic E-state index is 13.0. The van der Waals surface area contributed by atoms with Gasteiger partial charge in [-0.05, 0) is 78.9 Å². The Morgan fingerprint density at radius 1 is 1.19 bits per heavy atom. The van der Waals surface area contributed by atoms with E-state index in [0.717, 1.165) is 24.5 Å². The Kier molecular flexibility index (Phi) is 4.48. The van der Waals surface area contributed by atoms with Crippen LogP contribution in [-0.4, -0.2) is 12.1 Å². The van der Waals surface area contributed by atoms with Gasteiger partial charge in [-0.15, -0.1) is 0 Å². The summed E-state index contributed by atoms with van der Waals surface area (Å²) in [6.45, 7) is 9.45. The normalized spacial score (nSPS) is 48.8. The van der Waals surface area contributed by atoms with E-state index < -0.39 is 0 Å². The van der Waals surface area contributed by atoms with Crippen LogP contribution >= 0.6 is 0 Å². The van der Waals surface area contributed by atoms with E-state index in [2.05, 4.69) is 33.8 Å². The van der Waals surface area contributed by atoms with Gasteiger partial charge in [0, 0.05) is 18.8 Å². The van der Waals surface area contributed by atoms with Crippen molar-refractivity contribution in [2.75, 3.05) is 0 Å².